The van der Waals surface area contributed by atoms with Gasteiger partial charge in [0.15, 0.2) is 17.3 Å². The summed E-state index contributed by atoms with van der Waals surface area (Å²) in [5.41, 5.74) is 12.5. The SMILES string of the molecule is Cc1nc2ccc(-c3c(F)cn4nc(N)nc(N)c34)nc2n1CC(F)F.F[C@@H]1CCN(C2COC2)C1. The number of nitrogen functional groups attached to an aromatic ring is 2. The smallest absolute Gasteiger partial charge is 0.256 e. The van der Waals surface area contributed by atoms with Crippen molar-refractivity contribution in [3.63, 3.8) is 0 Å². The predicted molar refractivity (Wildman–Crippen MR) is 125 cm³/mol. The number of imidazole rings is 1. The van der Waals surface area contributed by atoms with Crippen LogP contribution in [0.1, 0.15) is 12.2 Å². The summed E-state index contributed by atoms with van der Waals surface area (Å²) in [6.45, 7) is 4.23. The lowest BCUT2D eigenvalue weighted by atomic mass is 10.1. The summed E-state index contributed by atoms with van der Waals surface area (Å²) >= 11 is 0. The van der Waals surface area contributed by atoms with E-state index in [-0.39, 0.29) is 34.2 Å². The topological polar surface area (TPSA) is 125 Å². The van der Waals surface area contributed by atoms with Gasteiger partial charge >= 0.3 is 0 Å². The number of alkyl halides is 3. The van der Waals surface area contributed by atoms with Gasteiger partial charge in [-0.1, -0.05) is 0 Å². The van der Waals surface area contributed by atoms with Crippen LogP contribution >= 0.6 is 0 Å². The molecule has 0 bridgehead atoms. The normalized spacial score (nSPS) is 18.7. The summed E-state index contributed by atoms with van der Waals surface area (Å²) < 4.78 is 60.4. The number of hydrogen-bond donors (Lipinski definition) is 2. The number of rotatable bonds is 4. The van der Waals surface area contributed by atoms with Gasteiger partial charge in [0.05, 0.1) is 43.3 Å². The molecule has 192 valence electrons. The van der Waals surface area contributed by atoms with Gasteiger partial charge in [0.2, 0.25) is 5.95 Å². The minimum Gasteiger partial charge on any atom is -0.382 e. The van der Waals surface area contributed by atoms with Crippen LogP contribution in [0.5, 0.6) is 0 Å². The molecule has 2 aliphatic heterocycles. The Labute approximate surface area is 202 Å². The van der Waals surface area contributed by atoms with E-state index in [0.29, 0.717) is 23.9 Å². The maximum Gasteiger partial charge on any atom is 0.256 e. The van der Waals surface area contributed by atoms with E-state index in [4.69, 9.17) is 16.2 Å². The standard InChI is InChI=1S/C15H13F3N8.C7H12FNO/c1-6-21-9-3-2-8(22-14(9)25(6)5-10(17)18)11-7(16)4-26-12(11)13(19)23-15(20)24-26;8-6-1-2-9(3-6)7-4-10-5-7/h2-4,10H,5H2,1H3,(H4,19,20,23,24);6-7H,1-5H2/t;6-/m.1/s1. The summed E-state index contributed by atoms with van der Waals surface area (Å²) in [4.78, 5) is 14.6. The van der Waals surface area contributed by atoms with Gasteiger partial charge in [0, 0.05) is 13.1 Å². The van der Waals surface area contributed by atoms with Crippen LogP contribution in [0.4, 0.5) is 29.3 Å². The third-order valence-electron chi connectivity index (χ3n) is 6.29. The van der Waals surface area contributed by atoms with E-state index < -0.39 is 25.0 Å². The van der Waals surface area contributed by atoms with Crippen LogP contribution in [-0.2, 0) is 11.3 Å². The molecule has 1 atom stereocenters. The molecule has 0 saturated carbocycles. The van der Waals surface area contributed by atoms with E-state index in [2.05, 4.69) is 25.0 Å². The molecule has 0 unspecified atom stereocenters. The summed E-state index contributed by atoms with van der Waals surface area (Å²) in [5, 5.41) is 3.89. The monoisotopic (exact) mass is 507 g/mol. The van der Waals surface area contributed by atoms with Crippen molar-refractivity contribution in [2.75, 3.05) is 37.8 Å². The zero-order chi connectivity index (χ0) is 25.6. The molecule has 10 nitrogen and oxygen atoms in total. The van der Waals surface area contributed by atoms with Gasteiger partial charge in [0.1, 0.15) is 23.0 Å². The summed E-state index contributed by atoms with van der Waals surface area (Å²) in [5.74, 6) is -0.371. The van der Waals surface area contributed by atoms with E-state index in [1.165, 1.54) is 15.1 Å². The Bertz CT molecular complexity index is 1400. The number of hydrogen-bond acceptors (Lipinski definition) is 8. The van der Waals surface area contributed by atoms with Crippen molar-refractivity contribution < 1.29 is 22.3 Å². The fourth-order valence-corrected chi connectivity index (χ4v) is 4.46. The molecule has 0 radical (unpaired) electrons. The van der Waals surface area contributed by atoms with Gasteiger partial charge in [0.25, 0.3) is 6.43 Å². The molecular weight excluding hydrogens is 482 g/mol. The van der Waals surface area contributed by atoms with Crippen molar-refractivity contribution >= 4 is 28.4 Å². The van der Waals surface area contributed by atoms with Crippen LogP contribution in [0.25, 0.3) is 27.9 Å². The van der Waals surface area contributed by atoms with Crippen LogP contribution in [0.3, 0.4) is 0 Å². The van der Waals surface area contributed by atoms with E-state index in [0.717, 1.165) is 32.4 Å². The average molecular weight is 507 g/mol. The molecule has 0 aliphatic carbocycles. The minimum atomic E-state index is -2.57. The van der Waals surface area contributed by atoms with Crippen LogP contribution in [-0.4, -0.2) is 79.0 Å². The van der Waals surface area contributed by atoms with Gasteiger partial charge in [-0.3, -0.25) is 4.90 Å². The first-order valence-electron chi connectivity index (χ1n) is 11.4. The van der Waals surface area contributed by atoms with Crippen LogP contribution in [0.15, 0.2) is 18.3 Å². The highest BCUT2D eigenvalue weighted by molar-refractivity contribution is 5.88. The number of ether oxygens (including phenoxy) is 1. The first-order chi connectivity index (χ1) is 17.2. The first kappa shape index (κ1) is 24.2. The lowest BCUT2D eigenvalue weighted by molar-refractivity contribution is -0.0584. The van der Waals surface area contributed by atoms with E-state index in [1.54, 1.807) is 13.0 Å². The number of halogens is 4. The summed E-state index contributed by atoms with van der Waals surface area (Å²) in [6, 6.07) is 3.65. The second kappa shape index (κ2) is 9.50. The van der Waals surface area contributed by atoms with E-state index in [1.807, 2.05) is 0 Å². The van der Waals surface area contributed by atoms with Gasteiger partial charge in [-0.25, -0.2) is 32.0 Å². The van der Waals surface area contributed by atoms with Gasteiger partial charge in [-0.05, 0) is 25.5 Å². The van der Waals surface area contributed by atoms with Crippen molar-refractivity contribution in [2.24, 2.45) is 0 Å². The number of fused-ring (bicyclic) bond motifs is 2. The third kappa shape index (κ3) is 4.53. The molecular formula is C22H25F4N9O. The number of pyridine rings is 1. The molecule has 6 rings (SSSR count). The number of anilines is 2. The third-order valence-corrected chi connectivity index (χ3v) is 6.29. The number of nitrogens with zero attached hydrogens (tertiary/aromatic N) is 7. The lowest BCUT2D eigenvalue weighted by Crippen LogP contribution is -2.47. The van der Waals surface area contributed by atoms with Crippen molar-refractivity contribution in [1.82, 2.24) is 34.0 Å². The summed E-state index contributed by atoms with van der Waals surface area (Å²) in [6.07, 6.45) is -1.33. The Morgan fingerprint density at radius 2 is 1.94 bits per heavy atom. The molecule has 0 amide bonds. The van der Waals surface area contributed by atoms with Crippen molar-refractivity contribution in [3.8, 4) is 11.3 Å². The molecule has 2 fully saturated rings. The Kier molecular flexibility index (Phi) is 6.38. The molecule has 4 N–H and O–H groups in total. The van der Waals surface area contributed by atoms with Crippen molar-refractivity contribution in [3.05, 3.63) is 30.0 Å². The van der Waals surface area contributed by atoms with E-state index >= 15 is 0 Å². The van der Waals surface area contributed by atoms with Crippen LogP contribution in [0.2, 0.25) is 0 Å². The molecule has 0 aromatic carbocycles. The molecule has 14 heteroatoms. The largest absolute Gasteiger partial charge is 0.382 e. The molecule has 4 aromatic rings. The Morgan fingerprint density at radius 1 is 1.17 bits per heavy atom. The van der Waals surface area contributed by atoms with Crippen molar-refractivity contribution in [1.29, 1.82) is 0 Å². The highest BCUT2D eigenvalue weighted by Gasteiger charge is 2.32. The Morgan fingerprint density at radius 3 is 2.58 bits per heavy atom. The Hall–Kier alpha value is -3.52. The maximum absolute atomic E-state index is 14.6. The van der Waals surface area contributed by atoms with Gasteiger partial charge in [-0.2, -0.15) is 4.98 Å². The molecule has 36 heavy (non-hydrogen) atoms. The highest BCUT2D eigenvalue weighted by atomic mass is 19.3. The van der Waals surface area contributed by atoms with Gasteiger partial charge in [-0.15, -0.1) is 5.10 Å². The van der Waals surface area contributed by atoms with Gasteiger partial charge < -0.3 is 20.8 Å². The Balaban J connectivity index is 0.000000222. The molecule has 2 saturated heterocycles. The molecule has 0 spiro atoms. The van der Waals surface area contributed by atoms with E-state index in [9.17, 15) is 17.6 Å². The zero-order valence-corrected chi connectivity index (χ0v) is 19.4. The molecule has 2 aliphatic rings. The number of nitrogens with two attached hydrogens (primary N) is 2. The second-order valence-corrected chi connectivity index (χ2v) is 8.77. The van der Waals surface area contributed by atoms with Crippen LogP contribution < -0.4 is 11.5 Å². The number of aryl methyl sites for hydroxylation is 1. The van der Waals surface area contributed by atoms with Crippen molar-refractivity contribution in [2.45, 2.75) is 38.5 Å². The fraction of sp³-hybridized carbons (Fsp3) is 0.455. The lowest BCUT2D eigenvalue weighted by Gasteiger charge is -2.34. The molecule has 4 aromatic heterocycles. The number of likely N-dealkylation sites (tertiary alicyclic amines) is 1. The van der Waals surface area contributed by atoms with Crippen LogP contribution in [0, 0.1) is 12.7 Å². The average Bonchev–Trinajstić information content (AvgIpc) is 3.42. The second-order valence-electron chi connectivity index (χ2n) is 8.77. The number of aromatic nitrogens is 6. The summed E-state index contributed by atoms with van der Waals surface area (Å²) in [7, 11) is 0. The predicted octanol–water partition coefficient (Wildman–Crippen LogP) is 2.45. The maximum atomic E-state index is 14.6. The quantitative estimate of drug-likeness (QED) is 0.404. The zero-order valence-electron chi connectivity index (χ0n) is 19.4. The minimum absolute atomic E-state index is 0.0180. The first-order valence-corrected chi connectivity index (χ1v) is 11.4. The highest BCUT2D eigenvalue weighted by Crippen LogP contribution is 2.32. The fourth-order valence-electron chi connectivity index (χ4n) is 4.46. The molecule has 6 heterocycles.